The van der Waals surface area contributed by atoms with Crippen molar-refractivity contribution in [1.82, 2.24) is 5.32 Å². The van der Waals surface area contributed by atoms with E-state index >= 15 is 0 Å². The molecule has 4 nitrogen and oxygen atoms in total. The van der Waals surface area contributed by atoms with Crippen LogP contribution in [0.5, 0.6) is 0 Å². The van der Waals surface area contributed by atoms with Crippen molar-refractivity contribution in [3.8, 4) is 0 Å². The first-order chi connectivity index (χ1) is 10.1. The molecule has 1 heterocycles. The molecule has 1 saturated heterocycles. The molecule has 21 heavy (non-hydrogen) atoms. The van der Waals surface area contributed by atoms with Crippen molar-refractivity contribution in [1.29, 1.82) is 0 Å². The fraction of sp³-hybridized carbons (Fsp3) is 0.529. The van der Waals surface area contributed by atoms with E-state index < -0.39 is 0 Å². The molecule has 114 valence electrons. The van der Waals surface area contributed by atoms with Crippen LogP contribution < -0.4 is 10.2 Å². The van der Waals surface area contributed by atoms with Crippen LogP contribution in [0.4, 0.5) is 5.69 Å². The second-order valence-electron chi connectivity index (χ2n) is 5.71. The standard InChI is InChI=1S/C17H24N2O2/c1-4-14(5-2)18-17(21)13-10-16(20)19(11-13)15-9-7-6-8-12(15)3/h6-9,13-14H,4-5,10-11H2,1-3H3,(H,18,21). The lowest BCUT2D eigenvalue weighted by Gasteiger charge is -2.20. The number of carbonyl (C=O) groups excluding carboxylic acids is 2. The van der Waals surface area contributed by atoms with Crippen LogP contribution in [-0.2, 0) is 9.59 Å². The van der Waals surface area contributed by atoms with Gasteiger partial charge in [-0.3, -0.25) is 9.59 Å². The number of amides is 2. The molecule has 0 aliphatic carbocycles. The average Bonchev–Trinajstić information content (AvgIpc) is 2.87. The number of hydrogen-bond acceptors (Lipinski definition) is 2. The van der Waals surface area contributed by atoms with Crippen molar-refractivity contribution in [2.75, 3.05) is 11.4 Å². The molecule has 2 rings (SSSR count). The second kappa shape index (κ2) is 6.74. The minimum absolute atomic E-state index is 0.00753. The van der Waals surface area contributed by atoms with E-state index in [1.165, 1.54) is 0 Å². The lowest BCUT2D eigenvalue weighted by atomic mass is 10.1. The minimum atomic E-state index is -0.238. The van der Waals surface area contributed by atoms with E-state index in [1.807, 2.05) is 31.2 Å². The zero-order valence-corrected chi connectivity index (χ0v) is 13.1. The van der Waals surface area contributed by atoms with E-state index in [0.29, 0.717) is 13.0 Å². The SMILES string of the molecule is CCC(CC)NC(=O)C1CC(=O)N(c2ccccc2C)C1. The molecule has 0 saturated carbocycles. The normalized spacial score (nSPS) is 18.4. The third kappa shape index (κ3) is 3.43. The molecule has 1 aromatic carbocycles. The number of para-hydroxylation sites is 1. The van der Waals surface area contributed by atoms with Crippen molar-refractivity contribution in [2.45, 2.75) is 46.1 Å². The fourth-order valence-electron chi connectivity index (χ4n) is 2.79. The molecule has 0 bridgehead atoms. The third-order valence-corrected chi connectivity index (χ3v) is 4.23. The van der Waals surface area contributed by atoms with Crippen LogP contribution in [0.2, 0.25) is 0 Å². The number of hydrogen-bond donors (Lipinski definition) is 1. The van der Waals surface area contributed by atoms with Crippen LogP contribution in [0.3, 0.4) is 0 Å². The quantitative estimate of drug-likeness (QED) is 0.905. The third-order valence-electron chi connectivity index (χ3n) is 4.23. The molecule has 1 N–H and O–H groups in total. The zero-order valence-electron chi connectivity index (χ0n) is 13.1. The van der Waals surface area contributed by atoms with E-state index in [1.54, 1.807) is 4.90 Å². The summed E-state index contributed by atoms with van der Waals surface area (Å²) >= 11 is 0. The number of nitrogens with zero attached hydrogens (tertiary/aromatic N) is 1. The van der Waals surface area contributed by atoms with Gasteiger partial charge >= 0.3 is 0 Å². The molecule has 1 unspecified atom stereocenters. The summed E-state index contributed by atoms with van der Waals surface area (Å²) in [5.41, 5.74) is 1.98. The number of rotatable bonds is 5. The Kier molecular flexibility index (Phi) is 4.99. The van der Waals surface area contributed by atoms with Crippen molar-refractivity contribution < 1.29 is 9.59 Å². The van der Waals surface area contributed by atoms with Crippen LogP contribution in [0.15, 0.2) is 24.3 Å². The Hall–Kier alpha value is -1.84. The summed E-state index contributed by atoms with van der Waals surface area (Å²) in [4.78, 5) is 26.2. The number of anilines is 1. The highest BCUT2D eigenvalue weighted by molar-refractivity contribution is 6.00. The first-order valence-electron chi connectivity index (χ1n) is 7.73. The summed E-state index contributed by atoms with van der Waals surface area (Å²) in [6.45, 7) is 6.59. The maximum absolute atomic E-state index is 12.3. The predicted molar refractivity (Wildman–Crippen MR) is 84.2 cm³/mol. The molecule has 1 atom stereocenters. The number of aryl methyl sites for hydroxylation is 1. The topological polar surface area (TPSA) is 49.4 Å². The highest BCUT2D eigenvalue weighted by Crippen LogP contribution is 2.27. The van der Waals surface area contributed by atoms with Crippen molar-refractivity contribution >= 4 is 17.5 Å². The van der Waals surface area contributed by atoms with Gasteiger partial charge in [0, 0.05) is 24.7 Å². The zero-order chi connectivity index (χ0) is 15.4. The summed E-state index contributed by atoms with van der Waals surface area (Å²) in [5, 5.41) is 3.05. The van der Waals surface area contributed by atoms with Gasteiger partial charge in [-0.25, -0.2) is 0 Å². The summed E-state index contributed by atoms with van der Waals surface area (Å²) in [6, 6.07) is 8.01. The second-order valence-corrected chi connectivity index (χ2v) is 5.71. The maximum atomic E-state index is 12.3. The first-order valence-corrected chi connectivity index (χ1v) is 7.73. The monoisotopic (exact) mass is 288 g/mol. The molecule has 1 fully saturated rings. The van der Waals surface area contributed by atoms with Crippen LogP contribution in [0, 0.1) is 12.8 Å². The van der Waals surface area contributed by atoms with Crippen LogP contribution in [-0.4, -0.2) is 24.4 Å². The molecule has 1 aromatic rings. The Balaban J connectivity index is 2.06. The maximum Gasteiger partial charge on any atom is 0.227 e. The van der Waals surface area contributed by atoms with E-state index in [0.717, 1.165) is 24.1 Å². The van der Waals surface area contributed by atoms with E-state index in [4.69, 9.17) is 0 Å². The fourth-order valence-corrected chi connectivity index (χ4v) is 2.79. The van der Waals surface area contributed by atoms with Gasteiger partial charge in [0.2, 0.25) is 11.8 Å². The number of carbonyl (C=O) groups is 2. The van der Waals surface area contributed by atoms with Crippen LogP contribution >= 0.6 is 0 Å². The van der Waals surface area contributed by atoms with Gasteiger partial charge in [-0.05, 0) is 31.4 Å². The van der Waals surface area contributed by atoms with Crippen molar-refractivity contribution in [3.05, 3.63) is 29.8 Å². The van der Waals surface area contributed by atoms with Gasteiger partial charge in [-0.1, -0.05) is 32.0 Å². The van der Waals surface area contributed by atoms with Crippen LogP contribution in [0.1, 0.15) is 38.7 Å². The Morgan fingerprint density at radius 1 is 1.33 bits per heavy atom. The molecular weight excluding hydrogens is 264 g/mol. The van der Waals surface area contributed by atoms with E-state index in [9.17, 15) is 9.59 Å². The Labute approximate surface area is 126 Å². The molecule has 0 radical (unpaired) electrons. The summed E-state index contributed by atoms with van der Waals surface area (Å²) in [5.74, 6) is -0.195. The summed E-state index contributed by atoms with van der Waals surface area (Å²) in [7, 11) is 0. The minimum Gasteiger partial charge on any atom is -0.353 e. The van der Waals surface area contributed by atoms with Crippen molar-refractivity contribution in [3.63, 3.8) is 0 Å². The molecule has 0 spiro atoms. The molecule has 0 aromatic heterocycles. The van der Waals surface area contributed by atoms with Gasteiger partial charge in [0.05, 0.1) is 5.92 Å². The van der Waals surface area contributed by atoms with E-state index in [-0.39, 0.29) is 23.8 Å². The van der Waals surface area contributed by atoms with Gasteiger partial charge in [-0.15, -0.1) is 0 Å². The Morgan fingerprint density at radius 2 is 2.00 bits per heavy atom. The number of benzene rings is 1. The predicted octanol–water partition coefficient (Wildman–Crippen LogP) is 2.65. The van der Waals surface area contributed by atoms with Gasteiger partial charge in [0.25, 0.3) is 0 Å². The number of nitrogens with one attached hydrogen (secondary N) is 1. The summed E-state index contributed by atoms with van der Waals surface area (Å²) < 4.78 is 0. The lowest BCUT2D eigenvalue weighted by molar-refractivity contribution is -0.127. The van der Waals surface area contributed by atoms with Crippen LogP contribution in [0.25, 0.3) is 0 Å². The first kappa shape index (κ1) is 15.5. The highest BCUT2D eigenvalue weighted by Gasteiger charge is 2.35. The summed E-state index contributed by atoms with van der Waals surface area (Å²) in [6.07, 6.45) is 2.15. The molecule has 1 aliphatic heterocycles. The smallest absolute Gasteiger partial charge is 0.227 e. The molecule has 2 amide bonds. The van der Waals surface area contributed by atoms with Crippen molar-refractivity contribution in [2.24, 2.45) is 5.92 Å². The van der Waals surface area contributed by atoms with E-state index in [2.05, 4.69) is 19.2 Å². The van der Waals surface area contributed by atoms with Gasteiger partial charge < -0.3 is 10.2 Å². The Bertz CT molecular complexity index is 523. The molecular formula is C17H24N2O2. The average molecular weight is 288 g/mol. The molecule has 1 aliphatic rings. The van der Waals surface area contributed by atoms with Gasteiger partial charge in [0.1, 0.15) is 0 Å². The Morgan fingerprint density at radius 3 is 2.62 bits per heavy atom. The van der Waals surface area contributed by atoms with Gasteiger partial charge in [0.15, 0.2) is 0 Å². The van der Waals surface area contributed by atoms with Gasteiger partial charge in [-0.2, -0.15) is 0 Å². The highest BCUT2D eigenvalue weighted by atomic mass is 16.2. The lowest BCUT2D eigenvalue weighted by Crippen LogP contribution is -2.39. The largest absolute Gasteiger partial charge is 0.353 e. The molecule has 4 heteroatoms.